The SMILES string of the molecule is N=C(N=CN)c1[nH]c(CN2CCOCC2)cc1-c1ccc(N)cc1. The van der Waals surface area contributed by atoms with Crippen LogP contribution in [0.25, 0.3) is 11.1 Å². The molecule has 7 heteroatoms. The summed E-state index contributed by atoms with van der Waals surface area (Å²) in [6.07, 6.45) is 1.14. The van der Waals surface area contributed by atoms with E-state index < -0.39 is 0 Å². The summed E-state index contributed by atoms with van der Waals surface area (Å²) >= 11 is 0. The van der Waals surface area contributed by atoms with Gasteiger partial charge in [0.2, 0.25) is 0 Å². The molecule has 6 N–H and O–H groups in total. The number of nitrogens with zero attached hydrogens (tertiary/aromatic N) is 2. The first kappa shape index (κ1) is 16.2. The van der Waals surface area contributed by atoms with E-state index in [1.165, 1.54) is 0 Å². The van der Waals surface area contributed by atoms with Gasteiger partial charge in [-0.15, -0.1) is 0 Å². The normalized spacial score (nSPS) is 15.8. The molecule has 1 saturated heterocycles. The zero-order chi connectivity index (χ0) is 16.9. The number of morpholine rings is 1. The molecule has 1 aromatic heterocycles. The number of hydrogen-bond acceptors (Lipinski definition) is 4. The van der Waals surface area contributed by atoms with Gasteiger partial charge in [0.1, 0.15) is 0 Å². The Hall–Kier alpha value is -2.64. The number of benzene rings is 1. The molecule has 1 aliphatic heterocycles. The van der Waals surface area contributed by atoms with Crippen molar-refractivity contribution in [1.29, 1.82) is 5.41 Å². The lowest BCUT2D eigenvalue weighted by Crippen LogP contribution is -2.35. The molecular formula is C17H22N6O. The van der Waals surface area contributed by atoms with E-state index in [1.54, 1.807) is 0 Å². The summed E-state index contributed by atoms with van der Waals surface area (Å²) in [6, 6.07) is 9.66. The third-order valence-electron chi connectivity index (χ3n) is 4.03. The van der Waals surface area contributed by atoms with Crippen LogP contribution in [0.2, 0.25) is 0 Å². The van der Waals surface area contributed by atoms with Crippen LogP contribution in [-0.4, -0.2) is 48.4 Å². The number of aromatic nitrogens is 1. The van der Waals surface area contributed by atoms with Gasteiger partial charge >= 0.3 is 0 Å². The summed E-state index contributed by atoms with van der Waals surface area (Å²) in [4.78, 5) is 9.55. The predicted molar refractivity (Wildman–Crippen MR) is 96.2 cm³/mol. The number of nitrogens with two attached hydrogens (primary N) is 2. The van der Waals surface area contributed by atoms with Crippen molar-refractivity contribution in [2.45, 2.75) is 6.54 Å². The second-order valence-electron chi connectivity index (χ2n) is 5.72. The van der Waals surface area contributed by atoms with Crippen LogP contribution in [0.4, 0.5) is 5.69 Å². The molecule has 0 saturated carbocycles. The molecular weight excluding hydrogens is 304 g/mol. The highest BCUT2D eigenvalue weighted by molar-refractivity contribution is 6.04. The van der Waals surface area contributed by atoms with Crippen molar-refractivity contribution < 1.29 is 4.74 Å². The first-order valence-electron chi connectivity index (χ1n) is 7.88. The molecule has 1 fully saturated rings. The van der Waals surface area contributed by atoms with Gasteiger partial charge in [-0.1, -0.05) is 12.1 Å². The van der Waals surface area contributed by atoms with Gasteiger partial charge in [0.15, 0.2) is 5.84 Å². The van der Waals surface area contributed by atoms with Crippen LogP contribution < -0.4 is 11.5 Å². The number of H-pyrrole nitrogens is 1. The number of anilines is 1. The number of aliphatic imine (C=N–C) groups is 1. The van der Waals surface area contributed by atoms with Crippen molar-refractivity contribution in [3.05, 3.63) is 41.7 Å². The van der Waals surface area contributed by atoms with Crippen LogP contribution in [0.5, 0.6) is 0 Å². The van der Waals surface area contributed by atoms with Gasteiger partial charge in [0.25, 0.3) is 0 Å². The molecule has 2 aromatic rings. The van der Waals surface area contributed by atoms with Gasteiger partial charge in [0, 0.05) is 36.6 Å². The number of aromatic amines is 1. The van der Waals surface area contributed by atoms with Crippen molar-refractivity contribution in [1.82, 2.24) is 9.88 Å². The number of ether oxygens (including phenoxy) is 1. The molecule has 0 aliphatic carbocycles. The van der Waals surface area contributed by atoms with Crippen molar-refractivity contribution in [2.24, 2.45) is 10.7 Å². The van der Waals surface area contributed by atoms with Crippen LogP contribution in [-0.2, 0) is 11.3 Å². The third-order valence-corrected chi connectivity index (χ3v) is 4.03. The molecule has 7 nitrogen and oxygen atoms in total. The van der Waals surface area contributed by atoms with Crippen LogP contribution in [0.3, 0.4) is 0 Å². The van der Waals surface area contributed by atoms with E-state index >= 15 is 0 Å². The third kappa shape index (κ3) is 3.64. The minimum atomic E-state index is 0.109. The number of nitrogen functional groups attached to an aromatic ring is 1. The van der Waals surface area contributed by atoms with Gasteiger partial charge < -0.3 is 21.2 Å². The fraction of sp³-hybridized carbons (Fsp3) is 0.294. The van der Waals surface area contributed by atoms with E-state index in [2.05, 4.69) is 20.9 Å². The standard InChI is InChI=1S/C17H22N6O/c18-11-21-17(20)16-15(12-1-3-13(19)4-2-12)9-14(22-16)10-23-5-7-24-8-6-23/h1-4,9,11,22H,5-8,10,19H2,(H3,18,20,21). The second kappa shape index (κ2) is 7.29. The summed E-state index contributed by atoms with van der Waals surface area (Å²) < 4.78 is 5.39. The van der Waals surface area contributed by atoms with Crippen LogP contribution in [0.1, 0.15) is 11.4 Å². The molecule has 0 atom stereocenters. The summed E-state index contributed by atoms with van der Waals surface area (Å²) in [6.45, 7) is 4.11. The van der Waals surface area contributed by atoms with E-state index in [4.69, 9.17) is 21.6 Å². The molecule has 0 radical (unpaired) electrons. The average molecular weight is 326 g/mol. The Bertz CT molecular complexity index is 728. The van der Waals surface area contributed by atoms with E-state index in [0.717, 1.165) is 56.0 Å². The van der Waals surface area contributed by atoms with Crippen molar-refractivity contribution in [2.75, 3.05) is 32.0 Å². The topological polar surface area (TPSA) is 117 Å². The lowest BCUT2D eigenvalue weighted by atomic mass is 10.0. The zero-order valence-corrected chi connectivity index (χ0v) is 13.5. The average Bonchev–Trinajstić information content (AvgIpc) is 3.00. The Morgan fingerprint density at radius 2 is 2.00 bits per heavy atom. The molecule has 1 aliphatic rings. The fourth-order valence-corrected chi connectivity index (χ4v) is 2.81. The number of nitrogens with one attached hydrogen (secondary N) is 2. The van der Waals surface area contributed by atoms with E-state index in [-0.39, 0.29) is 5.84 Å². The molecule has 0 bridgehead atoms. The largest absolute Gasteiger partial charge is 0.399 e. The predicted octanol–water partition coefficient (Wildman–Crippen LogP) is 1.41. The number of rotatable bonds is 4. The fourth-order valence-electron chi connectivity index (χ4n) is 2.81. The molecule has 0 unspecified atom stereocenters. The highest BCUT2D eigenvalue weighted by Crippen LogP contribution is 2.27. The Morgan fingerprint density at radius 3 is 2.67 bits per heavy atom. The van der Waals surface area contributed by atoms with E-state index in [0.29, 0.717) is 11.4 Å². The molecule has 126 valence electrons. The Morgan fingerprint density at radius 1 is 1.29 bits per heavy atom. The number of amidine groups is 1. The Labute approximate surface area is 140 Å². The molecule has 0 spiro atoms. The first-order valence-corrected chi connectivity index (χ1v) is 7.88. The summed E-state index contributed by atoms with van der Waals surface area (Å²) in [5.41, 5.74) is 15.4. The van der Waals surface area contributed by atoms with Gasteiger partial charge in [0.05, 0.1) is 25.2 Å². The minimum Gasteiger partial charge on any atom is -0.399 e. The summed E-state index contributed by atoms with van der Waals surface area (Å²) in [5, 5.41) is 8.13. The lowest BCUT2D eigenvalue weighted by molar-refractivity contribution is 0.0337. The second-order valence-corrected chi connectivity index (χ2v) is 5.72. The summed E-state index contributed by atoms with van der Waals surface area (Å²) in [5.74, 6) is 0.109. The highest BCUT2D eigenvalue weighted by atomic mass is 16.5. The first-order chi connectivity index (χ1) is 11.7. The quantitative estimate of drug-likeness (QED) is 0.386. The van der Waals surface area contributed by atoms with Crippen LogP contribution >= 0.6 is 0 Å². The van der Waals surface area contributed by atoms with Crippen molar-refractivity contribution in [3.8, 4) is 11.1 Å². The van der Waals surface area contributed by atoms with E-state index in [9.17, 15) is 0 Å². The zero-order valence-electron chi connectivity index (χ0n) is 13.5. The highest BCUT2D eigenvalue weighted by Gasteiger charge is 2.17. The molecule has 24 heavy (non-hydrogen) atoms. The van der Waals surface area contributed by atoms with Gasteiger partial charge in [-0.05, 0) is 23.8 Å². The maximum Gasteiger partial charge on any atom is 0.170 e. The van der Waals surface area contributed by atoms with Crippen LogP contribution in [0, 0.1) is 5.41 Å². The maximum atomic E-state index is 8.13. The number of hydrogen-bond donors (Lipinski definition) is 4. The maximum absolute atomic E-state index is 8.13. The minimum absolute atomic E-state index is 0.109. The molecule has 2 heterocycles. The van der Waals surface area contributed by atoms with Gasteiger partial charge in [-0.2, -0.15) is 0 Å². The van der Waals surface area contributed by atoms with E-state index in [1.807, 2.05) is 24.3 Å². The molecule has 3 rings (SSSR count). The smallest absolute Gasteiger partial charge is 0.170 e. The van der Waals surface area contributed by atoms with Crippen molar-refractivity contribution >= 4 is 17.9 Å². The monoisotopic (exact) mass is 326 g/mol. The summed E-state index contributed by atoms with van der Waals surface area (Å²) in [7, 11) is 0. The van der Waals surface area contributed by atoms with Gasteiger partial charge in [-0.25, -0.2) is 4.99 Å². The Balaban J connectivity index is 1.92. The molecule has 1 aromatic carbocycles. The Kier molecular flexibility index (Phi) is 4.93. The molecule has 0 amide bonds. The van der Waals surface area contributed by atoms with Crippen molar-refractivity contribution in [3.63, 3.8) is 0 Å². The lowest BCUT2D eigenvalue weighted by Gasteiger charge is -2.25. The van der Waals surface area contributed by atoms with Gasteiger partial charge in [-0.3, -0.25) is 10.3 Å². The van der Waals surface area contributed by atoms with Crippen LogP contribution in [0.15, 0.2) is 35.3 Å².